The molecule has 0 aromatic carbocycles. The monoisotopic (exact) mass is 390 g/mol. The minimum absolute atomic E-state index is 0.0345. The number of nitrogens with one attached hydrogen (secondary N) is 1. The number of nitrogens with zero attached hydrogens (tertiary/aromatic N) is 1. The third-order valence-corrected chi connectivity index (χ3v) is 4.66. The van der Waals surface area contributed by atoms with E-state index in [1.54, 1.807) is 11.1 Å². The highest BCUT2D eigenvalue weighted by atomic mass is 35.5. The molecule has 2 rings (SSSR count). The Kier molecular flexibility index (Phi) is 8.15. The number of ether oxygens (including phenoxy) is 2. The molecule has 148 valence electrons. The van der Waals surface area contributed by atoms with Gasteiger partial charge >= 0.3 is 5.97 Å². The summed E-state index contributed by atoms with van der Waals surface area (Å²) < 4.78 is 15.5. The van der Waals surface area contributed by atoms with Crippen molar-refractivity contribution in [1.29, 1.82) is 0 Å². The Morgan fingerprint density at radius 2 is 2.23 bits per heavy atom. The van der Waals surface area contributed by atoms with Crippen LogP contribution in [0.4, 0.5) is 0 Å². The molecule has 1 fully saturated rings. The number of hydrogen-bond acceptors (Lipinski definition) is 7. The molecule has 9 heteroatoms. The molecule has 0 aromatic rings. The number of carbonyl (C=O) groups is 2. The average molecular weight is 391 g/mol. The molecule has 2 heterocycles. The SMILES string of the molecule is CCCCCCC1=CN([C@H]2C[C@H](O)[C@@H](COC(C)=O)O2)C(OCl)NC1=O. The van der Waals surface area contributed by atoms with Crippen LogP contribution >= 0.6 is 11.9 Å². The van der Waals surface area contributed by atoms with Gasteiger partial charge in [0.15, 0.2) is 0 Å². The Bertz CT molecular complexity index is 529. The molecule has 1 saturated heterocycles. The van der Waals surface area contributed by atoms with E-state index in [-0.39, 0.29) is 18.9 Å². The molecule has 0 saturated carbocycles. The first-order chi connectivity index (χ1) is 12.5. The summed E-state index contributed by atoms with van der Waals surface area (Å²) in [6.45, 7) is 3.39. The Hall–Kier alpha value is -1.35. The summed E-state index contributed by atoms with van der Waals surface area (Å²) in [5.74, 6) is -0.663. The van der Waals surface area contributed by atoms with Crippen molar-refractivity contribution in [2.45, 2.75) is 77.2 Å². The van der Waals surface area contributed by atoms with Crippen LogP contribution in [0, 0.1) is 0 Å². The molecule has 0 bridgehead atoms. The second kappa shape index (κ2) is 10.1. The molecule has 4 atom stereocenters. The van der Waals surface area contributed by atoms with Gasteiger partial charge in [-0.25, -0.2) is 4.29 Å². The smallest absolute Gasteiger partial charge is 0.302 e. The lowest BCUT2D eigenvalue weighted by Crippen LogP contribution is -2.54. The largest absolute Gasteiger partial charge is 0.463 e. The van der Waals surface area contributed by atoms with Crippen LogP contribution in [-0.4, -0.2) is 53.3 Å². The molecule has 0 radical (unpaired) electrons. The van der Waals surface area contributed by atoms with Crippen LogP contribution < -0.4 is 5.32 Å². The van der Waals surface area contributed by atoms with Crippen molar-refractivity contribution in [1.82, 2.24) is 10.2 Å². The molecule has 26 heavy (non-hydrogen) atoms. The van der Waals surface area contributed by atoms with Crippen LogP contribution in [0.3, 0.4) is 0 Å². The van der Waals surface area contributed by atoms with Gasteiger partial charge in [-0.05, 0) is 12.8 Å². The van der Waals surface area contributed by atoms with E-state index in [0.717, 1.165) is 25.7 Å². The summed E-state index contributed by atoms with van der Waals surface area (Å²) in [6, 6.07) is 0. The van der Waals surface area contributed by atoms with E-state index in [1.807, 2.05) is 0 Å². The summed E-state index contributed by atoms with van der Waals surface area (Å²) in [5, 5.41) is 12.8. The van der Waals surface area contributed by atoms with Gasteiger partial charge in [-0.15, -0.1) is 0 Å². The Balaban J connectivity index is 2.02. The maximum atomic E-state index is 12.2. The molecule has 2 aliphatic rings. The van der Waals surface area contributed by atoms with Crippen LogP contribution in [0.15, 0.2) is 11.8 Å². The number of carbonyl (C=O) groups excluding carboxylic acids is 2. The highest BCUT2D eigenvalue weighted by molar-refractivity contribution is 6.07. The molecule has 1 amide bonds. The highest BCUT2D eigenvalue weighted by Crippen LogP contribution is 2.28. The molecule has 0 spiro atoms. The fourth-order valence-electron chi connectivity index (χ4n) is 3.06. The minimum Gasteiger partial charge on any atom is -0.463 e. The van der Waals surface area contributed by atoms with Gasteiger partial charge in [0.2, 0.25) is 6.35 Å². The average Bonchev–Trinajstić information content (AvgIpc) is 2.98. The number of aliphatic hydroxyl groups is 1. The van der Waals surface area contributed by atoms with Gasteiger partial charge in [0, 0.05) is 25.1 Å². The fourth-order valence-corrected chi connectivity index (χ4v) is 3.19. The summed E-state index contributed by atoms with van der Waals surface area (Å²) in [5.41, 5.74) is 0.618. The summed E-state index contributed by atoms with van der Waals surface area (Å²) >= 11 is 5.51. The molecule has 8 nitrogen and oxygen atoms in total. The molecular weight excluding hydrogens is 364 g/mol. The van der Waals surface area contributed by atoms with Gasteiger partial charge in [-0.3, -0.25) is 9.59 Å². The number of amides is 1. The van der Waals surface area contributed by atoms with Crippen molar-refractivity contribution >= 4 is 23.7 Å². The number of rotatable bonds is 9. The topological polar surface area (TPSA) is 97.3 Å². The number of esters is 1. The molecule has 2 N–H and O–H groups in total. The van der Waals surface area contributed by atoms with Crippen molar-refractivity contribution in [3.05, 3.63) is 11.8 Å². The van der Waals surface area contributed by atoms with Crippen LogP contribution in [-0.2, 0) is 23.4 Å². The van der Waals surface area contributed by atoms with Crippen LogP contribution in [0.25, 0.3) is 0 Å². The van der Waals surface area contributed by atoms with E-state index in [0.29, 0.717) is 12.0 Å². The molecule has 0 aromatic heterocycles. The highest BCUT2D eigenvalue weighted by Gasteiger charge is 2.41. The van der Waals surface area contributed by atoms with Crippen molar-refractivity contribution < 1.29 is 28.5 Å². The van der Waals surface area contributed by atoms with Gasteiger partial charge in [0.05, 0.1) is 18.0 Å². The first-order valence-electron chi connectivity index (χ1n) is 8.99. The summed E-state index contributed by atoms with van der Waals surface area (Å²) in [4.78, 5) is 24.8. The molecule has 0 aliphatic carbocycles. The predicted octanol–water partition coefficient (Wildman–Crippen LogP) is 1.77. The minimum atomic E-state index is -0.895. The zero-order valence-electron chi connectivity index (χ0n) is 15.2. The van der Waals surface area contributed by atoms with Crippen molar-refractivity contribution in [2.75, 3.05) is 6.61 Å². The number of hydrogen-bond donors (Lipinski definition) is 2. The lowest BCUT2D eigenvalue weighted by atomic mass is 10.1. The third kappa shape index (κ3) is 5.57. The van der Waals surface area contributed by atoms with Gasteiger partial charge in [-0.1, -0.05) is 26.2 Å². The van der Waals surface area contributed by atoms with Crippen LogP contribution in [0.2, 0.25) is 0 Å². The zero-order valence-corrected chi connectivity index (χ0v) is 15.9. The van der Waals surface area contributed by atoms with E-state index >= 15 is 0 Å². The Labute approximate surface area is 158 Å². The number of aliphatic hydroxyl groups excluding tert-OH is 1. The molecular formula is C17H27ClN2O6. The quantitative estimate of drug-likeness (QED) is 0.457. The third-order valence-electron chi connectivity index (χ3n) is 4.49. The van der Waals surface area contributed by atoms with E-state index in [4.69, 9.17) is 25.6 Å². The van der Waals surface area contributed by atoms with Gasteiger partial charge in [-0.2, -0.15) is 0 Å². The standard InChI is InChI=1S/C17H27ClN2O6/c1-3-4-5-6-7-12-9-20(17(26-18)19-16(12)23)15-8-13(22)14(25-15)10-24-11(2)21/h9,13-15,17,22H,3-8,10H2,1-2H3,(H,19,23)/t13-,14+,15+,17?/m0/s1. The predicted molar refractivity (Wildman–Crippen MR) is 93.5 cm³/mol. The Morgan fingerprint density at radius 1 is 1.46 bits per heavy atom. The number of unbranched alkanes of at least 4 members (excludes halogenated alkanes) is 3. The maximum absolute atomic E-state index is 12.2. The lowest BCUT2D eigenvalue weighted by Gasteiger charge is -2.37. The fraction of sp³-hybridized carbons (Fsp3) is 0.765. The number of halogens is 1. The van der Waals surface area contributed by atoms with Crippen molar-refractivity contribution in [3.8, 4) is 0 Å². The first-order valence-corrected chi connectivity index (χ1v) is 9.30. The van der Waals surface area contributed by atoms with E-state index in [2.05, 4.69) is 12.2 Å². The normalized spacial score (nSPS) is 28.7. The Morgan fingerprint density at radius 3 is 2.88 bits per heavy atom. The second-order valence-corrected chi connectivity index (χ2v) is 6.74. The first kappa shape index (κ1) is 21.0. The lowest BCUT2D eigenvalue weighted by molar-refractivity contribution is -0.154. The van der Waals surface area contributed by atoms with E-state index in [1.165, 1.54) is 6.92 Å². The second-order valence-electron chi connectivity index (χ2n) is 6.56. The van der Waals surface area contributed by atoms with Gasteiger partial charge in [0.25, 0.3) is 5.91 Å². The van der Waals surface area contributed by atoms with Gasteiger partial charge < -0.3 is 24.8 Å². The summed E-state index contributed by atoms with van der Waals surface area (Å²) in [7, 11) is 0. The van der Waals surface area contributed by atoms with Crippen LogP contribution in [0.1, 0.15) is 52.4 Å². The molecule has 1 unspecified atom stereocenters. The maximum Gasteiger partial charge on any atom is 0.302 e. The zero-order chi connectivity index (χ0) is 19.1. The van der Waals surface area contributed by atoms with E-state index in [9.17, 15) is 14.7 Å². The van der Waals surface area contributed by atoms with Gasteiger partial charge in [0.1, 0.15) is 18.9 Å². The van der Waals surface area contributed by atoms with Crippen LogP contribution in [0.5, 0.6) is 0 Å². The molecule has 2 aliphatic heterocycles. The van der Waals surface area contributed by atoms with Crippen molar-refractivity contribution in [3.63, 3.8) is 0 Å². The van der Waals surface area contributed by atoms with Crippen molar-refractivity contribution in [2.24, 2.45) is 0 Å². The van der Waals surface area contributed by atoms with E-state index < -0.39 is 30.8 Å². The summed E-state index contributed by atoms with van der Waals surface area (Å²) in [6.07, 6.45) is 3.93.